The van der Waals surface area contributed by atoms with Crippen LogP contribution >= 0.6 is 11.6 Å². The van der Waals surface area contributed by atoms with Gasteiger partial charge in [0.05, 0.1) is 0 Å². The molecule has 0 fully saturated rings. The quantitative estimate of drug-likeness (QED) is 0.451. The van der Waals surface area contributed by atoms with E-state index in [2.05, 4.69) is 11.6 Å². The average molecular weight is 201 g/mol. The smallest absolute Gasteiger partial charge is 0.219 e. The van der Waals surface area contributed by atoms with Crippen LogP contribution in [0, 0.1) is 0 Å². The maximum Gasteiger partial charge on any atom is 0.458 e. The lowest BCUT2D eigenvalue weighted by Crippen LogP contribution is -2.49. The molecule has 0 aliphatic rings. The van der Waals surface area contributed by atoms with Gasteiger partial charge >= 0.3 is 12.1 Å². The minimum atomic E-state index is -5.96. The SMILES string of the molecule is CC(F)(Cl)C(F)(F)C(F)(F)F. The topological polar surface area (TPSA) is 0 Å². The van der Waals surface area contributed by atoms with Crippen LogP contribution < -0.4 is 0 Å². The lowest BCUT2D eigenvalue weighted by Gasteiger charge is -2.26. The second kappa shape index (κ2) is 2.43. The highest BCUT2D eigenvalue weighted by molar-refractivity contribution is 6.23. The van der Waals surface area contributed by atoms with Gasteiger partial charge < -0.3 is 0 Å². The Balaban J connectivity index is 4.75. The minimum absolute atomic E-state index is 0.0535. The second-order valence-corrected chi connectivity index (χ2v) is 2.67. The molecule has 0 aliphatic carbocycles. The Morgan fingerprint density at radius 1 is 0.909 bits per heavy atom. The molecule has 0 rings (SSSR count). The van der Waals surface area contributed by atoms with E-state index in [0.717, 1.165) is 0 Å². The molecule has 0 saturated carbocycles. The van der Waals surface area contributed by atoms with Crippen molar-refractivity contribution in [2.75, 3.05) is 0 Å². The summed E-state index contributed by atoms with van der Waals surface area (Å²) in [6.07, 6.45) is -5.96. The Bertz CT molecular complexity index is 126. The molecule has 0 N–H and O–H groups in total. The molecule has 0 aromatic carbocycles. The van der Waals surface area contributed by atoms with E-state index in [1.165, 1.54) is 0 Å². The van der Waals surface area contributed by atoms with Gasteiger partial charge in [0.15, 0.2) is 0 Å². The van der Waals surface area contributed by atoms with Crippen LogP contribution in [0.2, 0.25) is 0 Å². The van der Waals surface area contributed by atoms with Crippen LogP contribution in [-0.4, -0.2) is 17.2 Å². The molecule has 0 spiro atoms. The molecule has 0 nitrogen and oxygen atoms in total. The number of alkyl halides is 7. The summed E-state index contributed by atoms with van der Waals surface area (Å²) in [5.74, 6) is -5.53. The number of halogens is 7. The van der Waals surface area contributed by atoms with Crippen LogP contribution in [0.1, 0.15) is 6.92 Å². The second-order valence-electron chi connectivity index (χ2n) is 1.96. The lowest BCUT2D eigenvalue weighted by molar-refractivity contribution is -0.309. The van der Waals surface area contributed by atoms with Gasteiger partial charge in [-0.15, -0.1) is 0 Å². The summed E-state index contributed by atoms with van der Waals surface area (Å²) in [6.45, 7) is -0.0535. The third-order valence-corrected chi connectivity index (χ3v) is 1.14. The van der Waals surface area contributed by atoms with Gasteiger partial charge in [-0.3, -0.25) is 0 Å². The predicted octanol–water partition coefficient (Wildman–Crippen LogP) is 3.11. The van der Waals surface area contributed by atoms with E-state index in [9.17, 15) is 26.3 Å². The Morgan fingerprint density at radius 2 is 1.18 bits per heavy atom. The van der Waals surface area contributed by atoms with Crippen molar-refractivity contribution >= 4 is 11.6 Å². The molecular weight excluding hydrogens is 197 g/mol. The largest absolute Gasteiger partial charge is 0.458 e. The molecule has 7 heteroatoms. The molecule has 0 heterocycles. The Hall–Kier alpha value is -0.130. The maximum atomic E-state index is 12.0. The zero-order valence-corrected chi connectivity index (χ0v) is 5.90. The van der Waals surface area contributed by atoms with Crippen molar-refractivity contribution in [2.45, 2.75) is 24.2 Å². The number of hydrogen-bond donors (Lipinski definition) is 0. The molecule has 68 valence electrons. The third kappa shape index (κ3) is 1.91. The summed E-state index contributed by atoms with van der Waals surface area (Å²) in [4.78, 5) is 0. The van der Waals surface area contributed by atoms with Crippen molar-refractivity contribution < 1.29 is 26.3 Å². The lowest BCUT2D eigenvalue weighted by atomic mass is 10.2. The first kappa shape index (κ1) is 10.9. The highest BCUT2D eigenvalue weighted by Crippen LogP contribution is 2.47. The number of rotatable bonds is 1. The van der Waals surface area contributed by atoms with Crippen LogP contribution in [0.15, 0.2) is 0 Å². The van der Waals surface area contributed by atoms with Crippen molar-refractivity contribution in [1.82, 2.24) is 0 Å². The van der Waals surface area contributed by atoms with Gasteiger partial charge in [0.2, 0.25) is 0 Å². The molecule has 11 heavy (non-hydrogen) atoms. The fourth-order valence-electron chi connectivity index (χ4n) is 0.249. The highest BCUT2D eigenvalue weighted by atomic mass is 35.5. The monoisotopic (exact) mass is 200 g/mol. The number of hydrogen-bond acceptors (Lipinski definition) is 0. The van der Waals surface area contributed by atoms with Crippen LogP contribution in [0.4, 0.5) is 26.3 Å². The molecule has 0 aromatic rings. The van der Waals surface area contributed by atoms with Crippen molar-refractivity contribution in [3.8, 4) is 0 Å². The summed E-state index contributed by atoms with van der Waals surface area (Å²) in [6, 6.07) is 0. The minimum Gasteiger partial charge on any atom is -0.219 e. The van der Waals surface area contributed by atoms with Gasteiger partial charge in [-0.25, -0.2) is 4.39 Å². The van der Waals surface area contributed by atoms with Crippen molar-refractivity contribution in [3.63, 3.8) is 0 Å². The van der Waals surface area contributed by atoms with Crippen molar-refractivity contribution in [3.05, 3.63) is 0 Å². The molecule has 1 atom stereocenters. The first-order valence-corrected chi connectivity index (χ1v) is 2.70. The molecule has 0 aromatic heterocycles. The summed E-state index contributed by atoms with van der Waals surface area (Å²) in [7, 11) is 0. The van der Waals surface area contributed by atoms with E-state index < -0.39 is 17.2 Å². The van der Waals surface area contributed by atoms with Gasteiger partial charge in [-0.05, 0) is 6.92 Å². The Labute approximate surface area is 63.1 Å². The van der Waals surface area contributed by atoms with Crippen LogP contribution in [-0.2, 0) is 0 Å². The molecule has 0 amide bonds. The molecule has 1 unspecified atom stereocenters. The van der Waals surface area contributed by atoms with Crippen LogP contribution in [0.25, 0.3) is 0 Å². The summed E-state index contributed by atoms with van der Waals surface area (Å²) < 4.78 is 69.3. The first-order valence-electron chi connectivity index (χ1n) is 2.32. The van der Waals surface area contributed by atoms with Gasteiger partial charge in [-0.1, -0.05) is 11.6 Å². The maximum absolute atomic E-state index is 12.0. The zero-order valence-electron chi connectivity index (χ0n) is 5.15. The molecule has 0 aliphatic heterocycles. The first-order chi connectivity index (χ1) is 4.50. The van der Waals surface area contributed by atoms with Gasteiger partial charge in [0.1, 0.15) is 0 Å². The van der Waals surface area contributed by atoms with Gasteiger partial charge in [-0.2, -0.15) is 22.0 Å². The fourth-order valence-corrected chi connectivity index (χ4v) is 0.356. The third-order valence-electron chi connectivity index (χ3n) is 0.907. The van der Waals surface area contributed by atoms with E-state index in [1.807, 2.05) is 0 Å². The summed E-state index contributed by atoms with van der Waals surface area (Å²) >= 11 is 4.17. The van der Waals surface area contributed by atoms with Crippen LogP contribution in [0.5, 0.6) is 0 Å². The fraction of sp³-hybridized carbons (Fsp3) is 1.00. The van der Waals surface area contributed by atoms with Crippen LogP contribution in [0.3, 0.4) is 0 Å². The summed E-state index contributed by atoms with van der Waals surface area (Å²) in [5, 5.41) is -4.11. The molecular formula is C4H3ClF6. The van der Waals surface area contributed by atoms with Gasteiger partial charge in [0, 0.05) is 0 Å². The van der Waals surface area contributed by atoms with E-state index in [1.54, 1.807) is 0 Å². The summed E-state index contributed by atoms with van der Waals surface area (Å²) in [5.41, 5.74) is 0. The average Bonchev–Trinajstić information content (AvgIpc) is 1.58. The normalized spacial score (nSPS) is 19.6. The van der Waals surface area contributed by atoms with E-state index >= 15 is 0 Å². The van der Waals surface area contributed by atoms with Crippen molar-refractivity contribution in [2.24, 2.45) is 0 Å². The predicted molar refractivity (Wildman–Crippen MR) is 26.4 cm³/mol. The Morgan fingerprint density at radius 3 is 1.18 bits per heavy atom. The Kier molecular flexibility index (Phi) is 2.40. The zero-order chi connectivity index (χ0) is 9.50. The molecule has 0 bridgehead atoms. The molecule has 0 saturated heterocycles. The van der Waals surface area contributed by atoms with E-state index in [0.29, 0.717) is 0 Å². The molecule has 0 radical (unpaired) electrons. The van der Waals surface area contributed by atoms with E-state index in [-0.39, 0.29) is 6.92 Å². The highest BCUT2D eigenvalue weighted by Gasteiger charge is 2.69. The van der Waals surface area contributed by atoms with Crippen molar-refractivity contribution in [1.29, 1.82) is 0 Å². The van der Waals surface area contributed by atoms with E-state index in [4.69, 9.17) is 0 Å². The van der Waals surface area contributed by atoms with Gasteiger partial charge in [0.25, 0.3) is 5.13 Å². The standard InChI is InChI=1S/C4H3ClF6/c1-2(5,6)3(7,8)4(9,10)11/h1H3.